The normalized spacial score (nSPS) is 24.0. The van der Waals surface area contributed by atoms with Gasteiger partial charge in [0.25, 0.3) is 0 Å². The molecule has 0 saturated heterocycles. The summed E-state index contributed by atoms with van der Waals surface area (Å²) in [5.41, 5.74) is 5.77. The van der Waals surface area contributed by atoms with Gasteiger partial charge >= 0.3 is 0 Å². The molecule has 1 aliphatic rings. The number of nitrogens with two attached hydrogens (primary N) is 1. The molecule has 18 heavy (non-hydrogen) atoms. The van der Waals surface area contributed by atoms with E-state index in [0.29, 0.717) is 12.5 Å². The van der Waals surface area contributed by atoms with Crippen LogP contribution in [0.4, 0.5) is 14.6 Å². The number of hydrogen-bond acceptors (Lipinski definition) is 3. The van der Waals surface area contributed by atoms with Gasteiger partial charge in [0.1, 0.15) is 5.82 Å². The fourth-order valence-electron chi connectivity index (χ4n) is 2.80. The third-order valence-electron chi connectivity index (χ3n) is 3.79. The molecule has 5 heteroatoms. The zero-order chi connectivity index (χ0) is 13.1. The molecule has 0 aliphatic heterocycles. The third kappa shape index (κ3) is 2.61. The maximum atomic E-state index is 13.7. The van der Waals surface area contributed by atoms with E-state index in [9.17, 15) is 8.78 Å². The number of nitrogens with zero attached hydrogens (tertiary/aromatic N) is 2. The van der Waals surface area contributed by atoms with Gasteiger partial charge in [-0.1, -0.05) is 12.8 Å². The molecular formula is C13H19F2N3. The summed E-state index contributed by atoms with van der Waals surface area (Å²) >= 11 is 0. The first-order chi connectivity index (χ1) is 8.63. The van der Waals surface area contributed by atoms with E-state index in [1.54, 1.807) is 0 Å². The average molecular weight is 255 g/mol. The highest BCUT2D eigenvalue weighted by molar-refractivity contribution is 5.40. The van der Waals surface area contributed by atoms with Crippen molar-refractivity contribution in [2.24, 2.45) is 11.7 Å². The van der Waals surface area contributed by atoms with Crippen LogP contribution in [0.1, 0.15) is 25.7 Å². The zero-order valence-corrected chi connectivity index (χ0v) is 10.6. The smallest absolute Gasteiger partial charge is 0.168 e. The first kappa shape index (κ1) is 13.2. The van der Waals surface area contributed by atoms with Gasteiger partial charge in [0, 0.05) is 19.2 Å². The van der Waals surface area contributed by atoms with E-state index < -0.39 is 11.6 Å². The van der Waals surface area contributed by atoms with Crippen molar-refractivity contribution >= 4 is 5.82 Å². The van der Waals surface area contributed by atoms with Crippen LogP contribution < -0.4 is 10.6 Å². The Morgan fingerprint density at radius 2 is 2.11 bits per heavy atom. The van der Waals surface area contributed by atoms with E-state index in [1.165, 1.54) is 6.42 Å². The molecule has 0 amide bonds. The summed E-state index contributed by atoms with van der Waals surface area (Å²) in [4.78, 5) is 5.67. The highest BCUT2D eigenvalue weighted by Gasteiger charge is 2.29. The number of halogens is 2. The number of hydrogen-bond donors (Lipinski definition) is 1. The Bertz CT molecular complexity index is 411. The Labute approximate surface area is 106 Å². The van der Waals surface area contributed by atoms with E-state index in [2.05, 4.69) is 4.98 Å². The summed E-state index contributed by atoms with van der Waals surface area (Å²) in [5.74, 6) is -0.695. The van der Waals surface area contributed by atoms with Crippen LogP contribution in [0, 0.1) is 17.6 Å². The minimum absolute atomic E-state index is 0.191. The highest BCUT2D eigenvalue weighted by atomic mass is 19.1. The van der Waals surface area contributed by atoms with Gasteiger partial charge in [-0.2, -0.15) is 0 Å². The zero-order valence-electron chi connectivity index (χ0n) is 10.6. The molecule has 0 spiro atoms. The summed E-state index contributed by atoms with van der Waals surface area (Å²) in [7, 11) is 1.81. The van der Waals surface area contributed by atoms with Crippen LogP contribution in [-0.4, -0.2) is 24.6 Å². The quantitative estimate of drug-likeness (QED) is 0.901. The first-order valence-corrected chi connectivity index (χ1v) is 6.37. The Morgan fingerprint density at radius 1 is 1.39 bits per heavy atom. The van der Waals surface area contributed by atoms with Gasteiger partial charge in [0.05, 0.1) is 6.20 Å². The number of anilines is 1. The van der Waals surface area contributed by atoms with Gasteiger partial charge in [-0.25, -0.2) is 13.8 Å². The lowest BCUT2D eigenvalue weighted by Gasteiger charge is -2.38. The molecule has 1 fully saturated rings. The highest BCUT2D eigenvalue weighted by Crippen LogP contribution is 2.30. The lowest BCUT2D eigenvalue weighted by Crippen LogP contribution is -2.43. The van der Waals surface area contributed by atoms with Crippen LogP contribution in [0.25, 0.3) is 0 Å². The maximum Gasteiger partial charge on any atom is 0.168 e. The Kier molecular flexibility index (Phi) is 4.11. The Hall–Kier alpha value is -1.23. The standard InChI is InChI=1S/C13H19F2N3/c1-18(12-5-3-2-4-9(12)7-16)13-11(15)6-10(14)8-17-13/h6,8-9,12H,2-5,7,16H2,1H3. The minimum atomic E-state index is -0.649. The van der Waals surface area contributed by atoms with Crippen LogP contribution in [0.3, 0.4) is 0 Å². The Morgan fingerprint density at radius 3 is 2.78 bits per heavy atom. The topological polar surface area (TPSA) is 42.2 Å². The summed E-state index contributed by atoms with van der Waals surface area (Å²) in [6.45, 7) is 0.595. The van der Waals surface area contributed by atoms with Crippen molar-refractivity contribution in [3.8, 4) is 0 Å². The monoisotopic (exact) mass is 255 g/mol. The lowest BCUT2D eigenvalue weighted by atomic mass is 9.83. The number of pyridine rings is 1. The number of rotatable bonds is 3. The molecule has 100 valence electrons. The third-order valence-corrected chi connectivity index (χ3v) is 3.79. The van der Waals surface area contributed by atoms with Crippen LogP contribution in [0.15, 0.2) is 12.3 Å². The van der Waals surface area contributed by atoms with E-state index in [1.807, 2.05) is 11.9 Å². The molecule has 2 unspecified atom stereocenters. The van der Waals surface area contributed by atoms with Crippen molar-refractivity contribution in [1.29, 1.82) is 0 Å². The molecule has 0 radical (unpaired) electrons. The van der Waals surface area contributed by atoms with Crippen molar-refractivity contribution in [3.05, 3.63) is 23.9 Å². The molecule has 1 aliphatic carbocycles. The molecule has 1 heterocycles. The Balaban J connectivity index is 2.20. The van der Waals surface area contributed by atoms with Crippen molar-refractivity contribution < 1.29 is 8.78 Å². The van der Waals surface area contributed by atoms with Crippen LogP contribution in [0.5, 0.6) is 0 Å². The minimum Gasteiger partial charge on any atom is -0.354 e. The molecule has 3 nitrogen and oxygen atoms in total. The summed E-state index contributed by atoms with van der Waals surface area (Å²) in [5, 5.41) is 0. The second-order valence-electron chi connectivity index (χ2n) is 4.92. The molecule has 2 atom stereocenters. The van der Waals surface area contributed by atoms with E-state index in [4.69, 9.17) is 5.73 Å². The summed E-state index contributed by atoms with van der Waals surface area (Å²) in [6, 6.07) is 1.07. The van der Waals surface area contributed by atoms with Crippen LogP contribution >= 0.6 is 0 Å². The lowest BCUT2D eigenvalue weighted by molar-refractivity contribution is 0.304. The molecule has 0 aromatic carbocycles. The predicted octanol–water partition coefficient (Wildman–Crippen LogP) is 2.31. The molecule has 1 aromatic heterocycles. The van der Waals surface area contributed by atoms with Crippen LogP contribution in [-0.2, 0) is 0 Å². The van der Waals surface area contributed by atoms with Crippen molar-refractivity contribution in [3.63, 3.8) is 0 Å². The average Bonchev–Trinajstić information content (AvgIpc) is 2.38. The van der Waals surface area contributed by atoms with Gasteiger partial charge in [-0.3, -0.25) is 0 Å². The second kappa shape index (κ2) is 5.61. The summed E-state index contributed by atoms with van der Waals surface area (Å²) in [6.07, 6.45) is 5.39. The van der Waals surface area contributed by atoms with Crippen molar-refractivity contribution in [2.45, 2.75) is 31.7 Å². The molecular weight excluding hydrogens is 236 g/mol. The van der Waals surface area contributed by atoms with Crippen LogP contribution in [0.2, 0.25) is 0 Å². The number of aromatic nitrogens is 1. The second-order valence-corrected chi connectivity index (χ2v) is 4.92. The van der Waals surface area contributed by atoms with Crippen molar-refractivity contribution in [2.75, 3.05) is 18.5 Å². The fraction of sp³-hybridized carbons (Fsp3) is 0.615. The van der Waals surface area contributed by atoms with E-state index >= 15 is 0 Å². The van der Waals surface area contributed by atoms with Gasteiger partial charge in [-0.15, -0.1) is 0 Å². The van der Waals surface area contributed by atoms with Gasteiger partial charge in [0.2, 0.25) is 0 Å². The predicted molar refractivity (Wildman–Crippen MR) is 67.4 cm³/mol. The van der Waals surface area contributed by atoms with Gasteiger partial charge in [0.15, 0.2) is 11.6 Å². The molecule has 2 N–H and O–H groups in total. The summed E-state index contributed by atoms with van der Waals surface area (Å²) < 4.78 is 26.6. The molecule has 1 saturated carbocycles. The largest absolute Gasteiger partial charge is 0.354 e. The molecule has 1 aromatic rings. The van der Waals surface area contributed by atoms with Gasteiger partial charge in [-0.05, 0) is 25.3 Å². The van der Waals surface area contributed by atoms with Crippen molar-refractivity contribution in [1.82, 2.24) is 4.98 Å². The SMILES string of the molecule is CN(c1ncc(F)cc1F)C1CCCCC1CN. The maximum absolute atomic E-state index is 13.7. The van der Waals surface area contributed by atoms with E-state index in [-0.39, 0.29) is 11.9 Å². The first-order valence-electron chi connectivity index (χ1n) is 6.37. The fourth-order valence-corrected chi connectivity index (χ4v) is 2.80. The van der Waals surface area contributed by atoms with E-state index in [0.717, 1.165) is 31.5 Å². The molecule has 2 rings (SSSR count). The van der Waals surface area contributed by atoms with Gasteiger partial charge < -0.3 is 10.6 Å². The molecule has 0 bridgehead atoms.